The molecule has 31 heavy (non-hydrogen) atoms. The number of rotatable bonds is 9. The highest BCUT2D eigenvalue weighted by Crippen LogP contribution is 2.14. The maximum atomic E-state index is 12.6. The smallest absolute Gasteiger partial charge is 0.341 e. The van der Waals surface area contributed by atoms with Crippen LogP contribution in [-0.4, -0.2) is 35.5 Å². The Labute approximate surface area is 180 Å². The largest absolute Gasteiger partial charge is 0.477 e. The topological polar surface area (TPSA) is 77.8 Å². The zero-order valence-electron chi connectivity index (χ0n) is 17.0. The number of carbonyl (C=O) groups is 1. The summed E-state index contributed by atoms with van der Waals surface area (Å²) in [6.07, 6.45) is 2.98. The van der Waals surface area contributed by atoms with E-state index < -0.39 is 11.4 Å². The van der Waals surface area contributed by atoms with Crippen LogP contribution in [0.15, 0.2) is 72.2 Å². The second-order valence-corrected chi connectivity index (χ2v) is 6.74. The van der Waals surface area contributed by atoms with Crippen LogP contribution in [0.5, 0.6) is 0 Å². The highest BCUT2D eigenvalue weighted by Gasteiger charge is 2.14. The van der Waals surface area contributed by atoms with E-state index in [2.05, 4.69) is 18.4 Å². The van der Waals surface area contributed by atoms with Gasteiger partial charge in [0.1, 0.15) is 12.2 Å². The van der Waals surface area contributed by atoms with E-state index in [-0.39, 0.29) is 12.2 Å². The normalized spacial score (nSPS) is 10.5. The fourth-order valence-corrected chi connectivity index (χ4v) is 3.06. The van der Waals surface area contributed by atoms with E-state index in [9.17, 15) is 14.7 Å². The molecule has 0 radical (unpaired) electrons. The standard InChI is InChI=1S/C25H23NO5/c1-2-12-26-17-22(25(28)29)24(27)21-16-19(10-11-23(21)26)9-6-13-30-14-15-31-18-20-7-4-3-5-8-20/h2-5,7-8,10-11,16-17H,1,12-15,18H2,(H,28,29). The summed E-state index contributed by atoms with van der Waals surface area (Å²) in [5.41, 5.74) is 1.54. The second kappa shape index (κ2) is 10.9. The Kier molecular flexibility index (Phi) is 7.77. The lowest BCUT2D eigenvalue weighted by atomic mass is 10.1. The molecule has 0 unspecified atom stereocenters. The number of aromatic carboxylic acids is 1. The number of carboxylic acids is 1. The first kappa shape index (κ1) is 22.0. The molecule has 158 valence electrons. The molecule has 0 amide bonds. The molecule has 0 bridgehead atoms. The third-order valence-electron chi connectivity index (χ3n) is 4.53. The van der Waals surface area contributed by atoms with Crippen molar-refractivity contribution in [1.82, 2.24) is 4.57 Å². The molecule has 6 nitrogen and oxygen atoms in total. The van der Waals surface area contributed by atoms with Crippen LogP contribution in [0.25, 0.3) is 10.9 Å². The number of carboxylic acid groups (broad SMARTS) is 1. The van der Waals surface area contributed by atoms with Crippen molar-refractivity contribution in [3.05, 3.63) is 94.3 Å². The highest BCUT2D eigenvalue weighted by atomic mass is 16.5. The molecule has 0 atom stereocenters. The van der Waals surface area contributed by atoms with Gasteiger partial charge >= 0.3 is 5.97 Å². The van der Waals surface area contributed by atoms with Gasteiger partial charge in [0.05, 0.1) is 25.3 Å². The van der Waals surface area contributed by atoms with Crippen LogP contribution >= 0.6 is 0 Å². The average molecular weight is 417 g/mol. The van der Waals surface area contributed by atoms with E-state index in [1.165, 1.54) is 6.20 Å². The van der Waals surface area contributed by atoms with Crippen LogP contribution in [0.4, 0.5) is 0 Å². The van der Waals surface area contributed by atoms with E-state index in [1.807, 2.05) is 30.3 Å². The van der Waals surface area contributed by atoms with Gasteiger partial charge in [-0.05, 0) is 23.8 Å². The van der Waals surface area contributed by atoms with Crippen molar-refractivity contribution < 1.29 is 19.4 Å². The Balaban J connectivity index is 1.60. The number of hydrogen-bond acceptors (Lipinski definition) is 4. The van der Waals surface area contributed by atoms with Crippen LogP contribution in [0.1, 0.15) is 21.5 Å². The first-order chi connectivity index (χ1) is 15.1. The molecular formula is C25H23NO5. The van der Waals surface area contributed by atoms with Crippen molar-refractivity contribution >= 4 is 16.9 Å². The molecule has 0 fully saturated rings. The molecule has 6 heteroatoms. The molecular weight excluding hydrogens is 394 g/mol. The van der Waals surface area contributed by atoms with Gasteiger partial charge < -0.3 is 19.1 Å². The summed E-state index contributed by atoms with van der Waals surface area (Å²) in [7, 11) is 0. The summed E-state index contributed by atoms with van der Waals surface area (Å²) in [6, 6.07) is 15.1. The average Bonchev–Trinajstić information content (AvgIpc) is 2.78. The van der Waals surface area contributed by atoms with Crippen molar-refractivity contribution in [2.24, 2.45) is 0 Å². The zero-order chi connectivity index (χ0) is 22.1. The molecule has 0 aliphatic heterocycles. The number of fused-ring (bicyclic) bond motifs is 1. The number of benzene rings is 2. The summed E-state index contributed by atoms with van der Waals surface area (Å²) >= 11 is 0. The fourth-order valence-electron chi connectivity index (χ4n) is 3.06. The molecule has 0 aliphatic rings. The Bertz CT molecular complexity index is 1190. The van der Waals surface area contributed by atoms with Gasteiger partial charge in [0, 0.05) is 23.7 Å². The summed E-state index contributed by atoms with van der Waals surface area (Å²) in [6.45, 7) is 5.72. The summed E-state index contributed by atoms with van der Waals surface area (Å²) in [5, 5.41) is 9.63. The maximum Gasteiger partial charge on any atom is 0.341 e. The molecule has 2 aromatic carbocycles. The van der Waals surface area contributed by atoms with Gasteiger partial charge in [-0.25, -0.2) is 4.79 Å². The molecule has 0 aliphatic carbocycles. The lowest BCUT2D eigenvalue weighted by molar-refractivity contribution is 0.0520. The summed E-state index contributed by atoms with van der Waals surface area (Å²) in [5.74, 6) is 4.59. The van der Waals surface area contributed by atoms with Gasteiger partial charge in [-0.3, -0.25) is 4.79 Å². The van der Waals surface area contributed by atoms with E-state index >= 15 is 0 Å². The molecule has 3 rings (SSSR count). The molecule has 1 N–H and O–H groups in total. The molecule has 3 aromatic rings. The minimum Gasteiger partial charge on any atom is -0.477 e. The van der Waals surface area contributed by atoms with Crippen molar-refractivity contribution in [3.8, 4) is 11.8 Å². The Hall–Kier alpha value is -3.66. The lowest BCUT2D eigenvalue weighted by Gasteiger charge is -2.10. The van der Waals surface area contributed by atoms with Gasteiger partial charge in [-0.2, -0.15) is 0 Å². The predicted molar refractivity (Wildman–Crippen MR) is 119 cm³/mol. The van der Waals surface area contributed by atoms with Crippen molar-refractivity contribution in [1.29, 1.82) is 0 Å². The van der Waals surface area contributed by atoms with Gasteiger partial charge in [0.15, 0.2) is 0 Å². The summed E-state index contributed by atoms with van der Waals surface area (Å²) < 4.78 is 12.7. The lowest BCUT2D eigenvalue weighted by Crippen LogP contribution is -2.18. The third kappa shape index (κ3) is 5.92. The quantitative estimate of drug-likeness (QED) is 0.328. The molecule has 0 saturated heterocycles. The summed E-state index contributed by atoms with van der Waals surface area (Å²) in [4.78, 5) is 24.0. The first-order valence-corrected chi connectivity index (χ1v) is 9.80. The van der Waals surface area contributed by atoms with Crippen molar-refractivity contribution in [2.75, 3.05) is 19.8 Å². The number of ether oxygens (including phenoxy) is 2. The van der Waals surface area contributed by atoms with Crippen LogP contribution < -0.4 is 5.43 Å². The van der Waals surface area contributed by atoms with E-state index in [4.69, 9.17) is 9.47 Å². The van der Waals surface area contributed by atoms with Gasteiger partial charge in [0.25, 0.3) is 0 Å². The van der Waals surface area contributed by atoms with Crippen LogP contribution in [0, 0.1) is 11.8 Å². The molecule has 0 saturated carbocycles. The SMILES string of the molecule is C=CCn1cc(C(=O)O)c(=O)c2cc(C#CCOCCOCc3ccccc3)ccc21. The predicted octanol–water partition coefficient (Wildman–Crippen LogP) is 3.47. The Morgan fingerprint density at radius 1 is 1.13 bits per heavy atom. The minimum absolute atomic E-state index is 0.225. The monoisotopic (exact) mass is 417 g/mol. The van der Waals surface area contributed by atoms with E-state index in [0.717, 1.165) is 5.56 Å². The first-order valence-electron chi connectivity index (χ1n) is 9.80. The number of allylic oxidation sites excluding steroid dienone is 1. The number of aromatic nitrogens is 1. The highest BCUT2D eigenvalue weighted by molar-refractivity contribution is 5.93. The maximum absolute atomic E-state index is 12.6. The van der Waals surface area contributed by atoms with Gasteiger partial charge in [-0.1, -0.05) is 48.2 Å². The minimum atomic E-state index is -1.26. The molecule has 1 aromatic heterocycles. The number of nitrogens with zero attached hydrogens (tertiary/aromatic N) is 1. The molecule has 0 spiro atoms. The second-order valence-electron chi connectivity index (χ2n) is 6.74. The van der Waals surface area contributed by atoms with Crippen molar-refractivity contribution in [3.63, 3.8) is 0 Å². The van der Waals surface area contributed by atoms with Gasteiger partial charge in [0.2, 0.25) is 5.43 Å². The van der Waals surface area contributed by atoms with Crippen molar-refractivity contribution in [2.45, 2.75) is 13.2 Å². The molecule has 1 heterocycles. The Morgan fingerprint density at radius 2 is 1.90 bits per heavy atom. The third-order valence-corrected chi connectivity index (χ3v) is 4.53. The van der Waals surface area contributed by atoms with Crippen LogP contribution in [0.3, 0.4) is 0 Å². The van der Waals surface area contributed by atoms with E-state index in [1.54, 1.807) is 28.8 Å². The van der Waals surface area contributed by atoms with Crippen LogP contribution in [0.2, 0.25) is 0 Å². The van der Waals surface area contributed by atoms with Gasteiger partial charge in [-0.15, -0.1) is 6.58 Å². The number of hydrogen-bond donors (Lipinski definition) is 1. The number of pyridine rings is 1. The van der Waals surface area contributed by atoms with Crippen LogP contribution in [-0.2, 0) is 22.6 Å². The van der Waals surface area contributed by atoms with E-state index in [0.29, 0.717) is 42.8 Å². The zero-order valence-corrected chi connectivity index (χ0v) is 17.0. The fraction of sp³-hybridized carbons (Fsp3) is 0.200. The Morgan fingerprint density at radius 3 is 2.65 bits per heavy atom.